The Balaban J connectivity index is 1.63. The first-order chi connectivity index (χ1) is 14.1. The van der Waals surface area contributed by atoms with Gasteiger partial charge in [-0.3, -0.25) is 0 Å². The lowest BCUT2D eigenvalue weighted by atomic mass is 10.1. The maximum atomic E-state index is 13.3. The Morgan fingerprint density at radius 2 is 1.79 bits per heavy atom. The van der Waals surface area contributed by atoms with Crippen LogP contribution in [0.4, 0.5) is 10.2 Å². The van der Waals surface area contributed by atoms with Crippen LogP contribution in [0.3, 0.4) is 0 Å². The molecule has 0 saturated heterocycles. The van der Waals surface area contributed by atoms with E-state index in [-0.39, 0.29) is 5.82 Å². The van der Waals surface area contributed by atoms with E-state index in [1.54, 1.807) is 18.3 Å². The summed E-state index contributed by atoms with van der Waals surface area (Å²) in [4.78, 5) is 12.4. The third-order valence-corrected chi connectivity index (χ3v) is 5.26. The highest BCUT2D eigenvalue weighted by Gasteiger charge is 2.15. The molecule has 2 aromatic carbocycles. The van der Waals surface area contributed by atoms with Gasteiger partial charge < -0.3 is 10.3 Å². The number of rotatable bonds is 6. The van der Waals surface area contributed by atoms with E-state index in [1.807, 2.05) is 42.7 Å². The van der Waals surface area contributed by atoms with Crippen LogP contribution in [0.5, 0.6) is 0 Å². The molecular weight excluding hydrogens is 407 g/mol. The fraction of sp³-hybridized carbons (Fsp3) is 0.0909. The molecule has 4 rings (SSSR count). The Bertz CT molecular complexity index is 1110. The number of halogens is 2. The number of nitrogens with one attached hydrogen (secondary N) is 2. The van der Waals surface area contributed by atoms with Gasteiger partial charge in [0.15, 0.2) is 5.16 Å². The Labute approximate surface area is 177 Å². The van der Waals surface area contributed by atoms with E-state index >= 15 is 0 Å². The second-order valence-corrected chi connectivity index (χ2v) is 7.62. The summed E-state index contributed by atoms with van der Waals surface area (Å²) in [6.07, 6.45) is 3.71. The van der Waals surface area contributed by atoms with E-state index in [0.29, 0.717) is 11.6 Å². The van der Waals surface area contributed by atoms with Crippen molar-refractivity contribution in [2.75, 3.05) is 11.6 Å². The summed E-state index contributed by atoms with van der Waals surface area (Å²) in [7, 11) is 0. The fourth-order valence-electron chi connectivity index (χ4n) is 2.95. The first-order valence-electron chi connectivity index (χ1n) is 8.97. The van der Waals surface area contributed by atoms with Crippen molar-refractivity contribution < 1.29 is 4.39 Å². The average Bonchev–Trinajstić information content (AvgIpc) is 3.19. The molecule has 0 aliphatic rings. The number of thioether (sulfide) groups is 1. The van der Waals surface area contributed by atoms with Crippen molar-refractivity contribution in [3.8, 4) is 22.5 Å². The number of pyridine rings is 1. The number of hydrogen-bond donors (Lipinski definition) is 2. The van der Waals surface area contributed by atoms with Gasteiger partial charge in [0.2, 0.25) is 0 Å². The molecule has 0 radical (unpaired) electrons. The number of anilines is 1. The molecule has 0 aliphatic heterocycles. The third kappa shape index (κ3) is 4.60. The molecule has 4 aromatic rings. The van der Waals surface area contributed by atoms with E-state index in [0.717, 1.165) is 39.1 Å². The van der Waals surface area contributed by atoms with Crippen LogP contribution in [0.25, 0.3) is 22.5 Å². The monoisotopic (exact) mass is 424 g/mol. The van der Waals surface area contributed by atoms with Gasteiger partial charge in [-0.15, -0.1) is 0 Å². The standard InChI is InChI=1S/C22H18ClFN4S/c1-29-22-27-20(15-4-8-18(24)9-5-15)21(28-22)16-10-11-25-19(12-16)26-13-14-2-6-17(23)7-3-14/h2-12H,13H2,1H3,(H,25,26)(H,27,28). The molecule has 0 unspecified atom stereocenters. The van der Waals surface area contributed by atoms with Gasteiger partial charge in [0.1, 0.15) is 11.6 Å². The Hall–Kier alpha value is -2.83. The zero-order chi connectivity index (χ0) is 20.2. The Morgan fingerprint density at radius 1 is 1.03 bits per heavy atom. The number of H-pyrrole nitrogens is 1. The molecular formula is C22H18ClFN4S. The molecule has 2 aromatic heterocycles. The minimum Gasteiger partial charge on any atom is -0.366 e. The van der Waals surface area contributed by atoms with Crippen molar-refractivity contribution in [1.82, 2.24) is 15.0 Å². The van der Waals surface area contributed by atoms with Crippen LogP contribution in [0.1, 0.15) is 5.56 Å². The second-order valence-electron chi connectivity index (χ2n) is 6.39. The van der Waals surface area contributed by atoms with E-state index in [2.05, 4.69) is 15.3 Å². The van der Waals surface area contributed by atoms with Crippen molar-refractivity contribution in [1.29, 1.82) is 0 Å². The zero-order valence-electron chi connectivity index (χ0n) is 15.6. The molecule has 0 bridgehead atoms. The largest absolute Gasteiger partial charge is 0.366 e. The van der Waals surface area contributed by atoms with Gasteiger partial charge in [-0.05, 0) is 60.4 Å². The third-order valence-electron chi connectivity index (χ3n) is 4.43. The molecule has 0 atom stereocenters. The molecule has 0 amide bonds. The molecule has 2 N–H and O–H groups in total. The predicted molar refractivity (Wildman–Crippen MR) is 118 cm³/mol. The van der Waals surface area contributed by atoms with Gasteiger partial charge in [0.05, 0.1) is 11.4 Å². The van der Waals surface area contributed by atoms with E-state index < -0.39 is 0 Å². The molecule has 29 heavy (non-hydrogen) atoms. The number of hydrogen-bond acceptors (Lipinski definition) is 4. The van der Waals surface area contributed by atoms with Crippen molar-refractivity contribution in [3.63, 3.8) is 0 Å². The number of imidazole rings is 1. The van der Waals surface area contributed by atoms with E-state index in [1.165, 1.54) is 23.9 Å². The van der Waals surface area contributed by atoms with Gasteiger partial charge in [-0.2, -0.15) is 0 Å². The highest BCUT2D eigenvalue weighted by Crippen LogP contribution is 2.33. The summed E-state index contributed by atoms with van der Waals surface area (Å²) in [6, 6.07) is 18.0. The Kier molecular flexibility index (Phi) is 5.83. The van der Waals surface area contributed by atoms with Crippen molar-refractivity contribution in [3.05, 3.63) is 83.3 Å². The summed E-state index contributed by atoms with van der Waals surface area (Å²) in [6.45, 7) is 0.634. The van der Waals surface area contributed by atoms with Gasteiger partial charge in [0.25, 0.3) is 0 Å². The SMILES string of the molecule is CSc1nc(-c2ccnc(NCc3ccc(Cl)cc3)c2)c(-c2ccc(F)cc2)[nH]1. The number of nitrogens with zero attached hydrogens (tertiary/aromatic N) is 2. The van der Waals surface area contributed by atoms with E-state index in [4.69, 9.17) is 16.6 Å². The maximum absolute atomic E-state index is 13.3. The second kappa shape index (κ2) is 8.68. The highest BCUT2D eigenvalue weighted by molar-refractivity contribution is 7.98. The van der Waals surface area contributed by atoms with E-state index in [9.17, 15) is 4.39 Å². The van der Waals surface area contributed by atoms with Crippen LogP contribution in [0.2, 0.25) is 5.02 Å². The topological polar surface area (TPSA) is 53.6 Å². The minimum absolute atomic E-state index is 0.266. The summed E-state index contributed by atoms with van der Waals surface area (Å²) in [5, 5.41) is 4.84. The first kappa shape index (κ1) is 19.5. The van der Waals surface area contributed by atoms with Gasteiger partial charge in [-0.1, -0.05) is 35.5 Å². The average molecular weight is 425 g/mol. The van der Waals surface area contributed by atoms with Gasteiger partial charge in [0, 0.05) is 28.9 Å². The van der Waals surface area contributed by atoms with Crippen LogP contribution in [-0.4, -0.2) is 21.2 Å². The summed E-state index contributed by atoms with van der Waals surface area (Å²) < 4.78 is 13.3. The summed E-state index contributed by atoms with van der Waals surface area (Å²) in [5.41, 5.74) is 4.57. The quantitative estimate of drug-likeness (QED) is 0.358. The van der Waals surface area contributed by atoms with Gasteiger partial charge >= 0.3 is 0 Å². The molecule has 4 nitrogen and oxygen atoms in total. The first-order valence-corrected chi connectivity index (χ1v) is 10.6. The van der Waals surface area contributed by atoms with Gasteiger partial charge in [-0.25, -0.2) is 14.4 Å². The highest BCUT2D eigenvalue weighted by atomic mass is 35.5. The smallest absolute Gasteiger partial charge is 0.166 e. The lowest BCUT2D eigenvalue weighted by Gasteiger charge is -2.08. The lowest BCUT2D eigenvalue weighted by Crippen LogP contribution is -2.01. The van der Waals surface area contributed by atoms with Crippen LogP contribution in [0, 0.1) is 5.82 Å². The number of aromatic amines is 1. The molecule has 0 saturated carbocycles. The van der Waals surface area contributed by atoms with Crippen molar-refractivity contribution in [2.24, 2.45) is 0 Å². The zero-order valence-corrected chi connectivity index (χ0v) is 17.2. The fourth-order valence-corrected chi connectivity index (χ4v) is 3.46. The normalized spacial score (nSPS) is 10.9. The molecule has 0 spiro atoms. The van der Waals surface area contributed by atoms with Crippen LogP contribution >= 0.6 is 23.4 Å². The molecule has 2 heterocycles. The van der Waals surface area contributed by atoms with Crippen LogP contribution in [0.15, 0.2) is 72.0 Å². The number of aromatic nitrogens is 3. The molecule has 0 fully saturated rings. The molecule has 7 heteroatoms. The lowest BCUT2D eigenvalue weighted by molar-refractivity contribution is 0.628. The van der Waals surface area contributed by atoms with Crippen molar-refractivity contribution >= 4 is 29.2 Å². The number of benzene rings is 2. The van der Waals surface area contributed by atoms with Crippen molar-refractivity contribution in [2.45, 2.75) is 11.7 Å². The molecule has 146 valence electrons. The van der Waals surface area contributed by atoms with Crippen LogP contribution in [-0.2, 0) is 6.54 Å². The van der Waals surface area contributed by atoms with Crippen LogP contribution < -0.4 is 5.32 Å². The molecule has 0 aliphatic carbocycles. The minimum atomic E-state index is -0.266. The Morgan fingerprint density at radius 3 is 2.52 bits per heavy atom. The predicted octanol–water partition coefficient (Wildman–Crippen LogP) is 6.27. The summed E-state index contributed by atoms with van der Waals surface area (Å²) >= 11 is 7.47. The maximum Gasteiger partial charge on any atom is 0.166 e. The summed E-state index contributed by atoms with van der Waals surface area (Å²) in [5.74, 6) is 0.480.